The Morgan fingerprint density at radius 3 is 2.55 bits per heavy atom. The van der Waals surface area contributed by atoms with Crippen LogP contribution in [0.2, 0.25) is 0 Å². The van der Waals surface area contributed by atoms with Gasteiger partial charge in [0.2, 0.25) is 0 Å². The minimum atomic E-state index is -3.06. The van der Waals surface area contributed by atoms with E-state index in [0.29, 0.717) is 11.8 Å². The molecule has 1 fully saturated rings. The third-order valence-corrected chi connectivity index (χ3v) is 6.38. The fraction of sp³-hybridized carbons (Fsp3) is 0.571. The first-order valence-corrected chi connectivity index (χ1v) is 9.85. The van der Waals surface area contributed by atoms with Crippen LogP contribution < -0.4 is 10.2 Å². The van der Waals surface area contributed by atoms with E-state index >= 15 is 0 Å². The number of hydrogen-bond acceptors (Lipinski definition) is 5. The van der Waals surface area contributed by atoms with Crippen LogP contribution in [0.3, 0.4) is 0 Å². The maximum absolute atomic E-state index is 11.9. The molecule has 0 aromatic heterocycles. The van der Waals surface area contributed by atoms with E-state index in [-0.39, 0.29) is 0 Å². The van der Waals surface area contributed by atoms with E-state index in [4.69, 9.17) is 0 Å². The first kappa shape index (κ1) is 15.7. The molecule has 0 amide bonds. The van der Waals surface area contributed by atoms with Gasteiger partial charge < -0.3 is 10.2 Å². The third kappa shape index (κ3) is 3.48. The lowest BCUT2D eigenvalue weighted by atomic mass is 10.1. The van der Waals surface area contributed by atoms with Gasteiger partial charge in [-0.2, -0.15) is 11.8 Å². The minimum Gasteiger partial charge on any atom is -0.353 e. The molecule has 0 spiro atoms. The summed E-state index contributed by atoms with van der Waals surface area (Å²) in [6, 6.07) is 8.48. The van der Waals surface area contributed by atoms with E-state index in [1.165, 1.54) is 11.8 Å². The average molecular weight is 314 g/mol. The Morgan fingerprint density at radius 1 is 1.35 bits per heavy atom. The lowest BCUT2D eigenvalue weighted by Crippen LogP contribution is -2.47. The van der Waals surface area contributed by atoms with Crippen molar-refractivity contribution >= 4 is 27.3 Å². The molecular weight excluding hydrogens is 292 g/mol. The van der Waals surface area contributed by atoms with Gasteiger partial charge in [0, 0.05) is 36.0 Å². The van der Waals surface area contributed by atoms with Crippen molar-refractivity contribution in [1.82, 2.24) is 5.32 Å². The second-order valence-corrected chi connectivity index (χ2v) is 8.51. The van der Waals surface area contributed by atoms with Crippen LogP contribution in [0.1, 0.15) is 18.5 Å². The molecule has 1 aromatic rings. The van der Waals surface area contributed by atoms with Crippen molar-refractivity contribution in [1.29, 1.82) is 0 Å². The summed E-state index contributed by atoms with van der Waals surface area (Å²) in [5.74, 6) is 1.62. The van der Waals surface area contributed by atoms with Gasteiger partial charge >= 0.3 is 0 Å². The fourth-order valence-corrected chi connectivity index (χ4v) is 5.19. The number of nitrogens with zero attached hydrogens (tertiary/aromatic N) is 1. The highest BCUT2D eigenvalue weighted by Gasteiger charge is 2.31. The smallest absolute Gasteiger partial charge is 0.169 e. The highest BCUT2D eigenvalue weighted by molar-refractivity contribution is 8.01. The molecule has 2 rings (SSSR count). The van der Waals surface area contributed by atoms with Gasteiger partial charge in [0.15, 0.2) is 9.84 Å². The van der Waals surface area contributed by atoms with E-state index < -0.39 is 15.2 Å². The van der Waals surface area contributed by atoms with Crippen LogP contribution in [0.5, 0.6) is 0 Å². The summed E-state index contributed by atoms with van der Waals surface area (Å²) in [5, 5.41) is 2.79. The fourth-order valence-electron chi connectivity index (χ4n) is 2.35. The zero-order chi connectivity index (χ0) is 14.8. The monoisotopic (exact) mass is 314 g/mol. The molecule has 0 saturated carbocycles. The van der Waals surface area contributed by atoms with Gasteiger partial charge in [0.1, 0.15) is 5.37 Å². The molecule has 112 valence electrons. The van der Waals surface area contributed by atoms with E-state index in [1.54, 1.807) is 11.8 Å². The van der Waals surface area contributed by atoms with Crippen molar-refractivity contribution < 1.29 is 8.42 Å². The second-order valence-electron chi connectivity index (χ2n) is 5.15. The maximum atomic E-state index is 11.9. The summed E-state index contributed by atoms with van der Waals surface area (Å²) in [4.78, 5) is 2.01. The van der Waals surface area contributed by atoms with Crippen molar-refractivity contribution in [2.24, 2.45) is 0 Å². The number of anilines is 1. The number of benzene rings is 1. The summed E-state index contributed by atoms with van der Waals surface area (Å²) in [6.45, 7) is 2.88. The Balaban J connectivity index is 2.25. The van der Waals surface area contributed by atoms with E-state index in [1.807, 2.05) is 24.1 Å². The van der Waals surface area contributed by atoms with Crippen LogP contribution >= 0.6 is 11.8 Å². The van der Waals surface area contributed by atoms with Gasteiger partial charge in [0.05, 0.1) is 0 Å². The molecule has 2 atom stereocenters. The average Bonchev–Trinajstić information content (AvgIpc) is 2.46. The molecule has 1 heterocycles. The van der Waals surface area contributed by atoms with E-state index in [9.17, 15) is 8.42 Å². The molecular formula is C14H22N2O2S2. The number of thioether (sulfide) groups is 1. The predicted molar refractivity (Wildman–Crippen MR) is 87.2 cm³/mol. The molecule has 1 aliphatic rings. The molecule has 0 aliphatic carbocycles. The molecule has 1 saturated heterocycles. The molecule has 6 heteroatoms. The molecule has 1 aromatic carbocycles. The van der Waals surface area contributed by atoms with Crippen LogP contribution in [-0.2, 0) is 9.84 Å². The first-order valence-electron chi connectivity index (χ1n) is 6.74. The molecule has 0 radical (unpaired) electrons. The van der Waals surface area contributed by atoms with Gasteiger partial charge in [-0.15, -0.1) is 0 Å². The Bertz CT molecular complexity index is 543. The normalized spacial score (nSPS) is 21.8. The summed E-state index contributed by atoms with van der Waals surface area (Å²) >= 11 is 1.71. The zero-order valence-electron chi connectivity index (χ0n) is 12.2. The number of nitrogens with one attached hydrogen (secondary N) is 1. The van der Waals surface area contributed by atoms with Gasteiger partial charge in [-0.05, 0) is 31.7 Å². The second kappa shape index (κ2) is 6.37. The molecule has 1 N–H and O–H groups in total. The zero-order valence-corrected chi connectivity index (χ0v) is 13.8. The van der Waals surface area contributed by atoms with Gasteiger partial charge in [-0.25, -0.2) is 8.42 Å². The topological polar surface area (TPSA) is 49.4 Å². The molecule has 1 aliphatic heterocycles. The predicted octanol–water partition coefficient (Wildman–Crippen LogP) is 1.89. The van der Waals surface area contributed by atoms with Crippen LogP contribution in [0.25, 0.3) is 0 Å². The first-order chi connectivity index (χ1) is 9.43. The molecule has 4 nitrogen and oxygen atoms in total. The maximum Gasteiger partial charge on any atom is 0.169 e. The van der Waals surface area contributed by atoms with Crippen molar-refractivity contribution in [2.75, 3.05) is 36.3 Å². The van der Waals surface area contributed by atoms with Crippen molar-refractivity contribution in [2.45, 2.75) is 18.3 Å². The van der Waals surface area contributed by atoms with Crippen LogP contribution in [0.15, 0.2) is 24.3 Å². The van der Waals surface area contributed by atoms with Crippen molar-refractivity contribution in [3.63, 3.8) is 0 Å². The van der Waals surface area contributed by atoms with Crippen LogP contribution in [-0.4, -0.2) is 45.1 Å². The van der Waals surface area contributed by atoms with Crippen molar-refractivity contribution in [3.8, 4) is 0 Å². The minimum absolute atomic E-state index is 0.298. The van der Waals surface area contributed by atoms with Gasteiger partial charge in [-0.1, -0.05) is 12.1 Å². The molecule has 20 heavy (non-hydrogen) atoms. The highest BCUT2D eigenvalue weighted by atomic mass is 32.2. The SMILES string of the molecule is CNC(C)c1ccc(N2CCSCC2S(C)(=O)=O)cc1. The molecule has 2 unspecified atom stereocenters. The summed E-state index contributed by atoms with van der Waals surface area (Å²) < 4.78 is 23.9. The summed E-state index contributed by atoms with van der Waals surface area (Å²) in [7, 11) is -1.13. The molecule has 0 bridgehead atoms. The number of rotatable bonds is 4. The highest BCUT2D eigenvalue weighted by Crippen LogP contribution is 2.27. The lowest BCUT2D eigenvalue weighted by molar-refractivity contribution is 0.584. The lowest BCUT2D eigenvalue weighted by Gasteiger charge is -2.36. The van der Waals surface area contributed by atoms with E-state index in [0.717, 1.165) is 18.0 Å². The Morgan fingerprint density at radius 2 is 2.00 bits per heavy atom. The summed E-state index contributed by atoms with van der Waals surface area (Å²) in [5.41, 5.74) is 2.20. The largest absolute Gasteiger partial charge is 0.353 e. The summed E-state index contributed by atoms with van der Waals surface area (Å²) in [6.07, 6.45) is 1.33. The van der Waals surface area contributed by atoms with Crippen molar-refractivity contribution in [3.05, 3.63) is 29.8 Å². The number of sulfone groups is 1. The van der Waals surface area contributed by atoms with Gasteiger partial charge in [-0.3, -0.25) is 0 Å². The number of hydrogen-bond donors (Lipinski definition) is 1. The van der Waals surface area contributed by atoms with E-state index in [2.05, 4.69) is 24.4 Å². The van der Waals surface area contributed by atoms with Crippen LogP contribution in [0, 0.1) is 0 Å². The Labute approximate surface area is 125 Å². The quantitative estimate of drug-likeness (QED) is 0.920. The Hall–Kier alpha value is -0.720. The third-order valence-electron chi connectivity index (χ3n) is 3.74. The van der Waals surface area contributed by atoms with Crippen LogP contribution in [0.4, 0.5) is 5.69 Å². The van der Waals surface area contributed by atoms with Gasteiger partial charge in [0.25, 0.3) is 0 Å². The Kier molecular flexibility index (Phi) is 4.99. The standard InChI is InChI=1S/C14H22N2O2S2/c1-11(15-2)12-4-6-13(7-5-12)16-8-9-19-10-14(16)20(3,17)18/h4-7,11,14-15H,8-10H2,1-3H3.